The van der Waals surface area contributed by atoms with Crippen LogP contribution in [0, 0.1) is 58.2 Å². The number of rotatable bonds is 3. The van der Waals surface area contributed by atoms with Crippen LogP contribution in [0.25, 0.3) is 0 Å². The molecule has 0 spiro atoms. The van der Waals surface area contributed by atoms with Crippen molar-refractivity contribution in [2.75, 3.05) is 0 Å². The lowest BCUT2D eigenvalue weighted by Crippen LogP contribution is -2.64. The van der Waals surface area contributed by atoms with Crippen molar-refractivity contribution in [1.82, 2.24) is 0 Å². The van der Waals surface area contributed by atoms with Crippen molar-refractivity contribution in [1.29, 1.82) is 0 Å². The predicted molar refractivity (Wildman–Crippen MR) is 131 cm³/mol. The first-order valence-corrected chi connectivity index (χ1v) is 14.2. The zero-order valence-corrected chi connectivity index (χ0v) is 22.0. The van der Waals surface area contributed by atoms with E-state index in [-0.39, 0.29) is 40.8 Å². The quantitative estimate of drug-likeness (QED) is 0.520. The number of esters is 1. The number of carbonyl (C=O) groups is 1. The highest BCUT2D eigenvalue weighted by Crippen LogP contribution is 2.68. The van der Waals surface area contributed by atoms with Gasteiger partial charge in [0.1, 0.15) is 6.10 Å². The molecule has 13 unspecified atom stereocenters. The third-order valence-electron chi connectivity index (χ3n) is 12.2. The van der Waals surface area contributed by atoms with Crippen LogP contribution in [0.4, 0.5) is 0 Å². The fraction of sp³-hybridized carbons (Fsp3) is 0.966. The minimum atomic E-state index is -0.744. The fourth-order valence-corrected chi connectivity index (χ4v) is 10.1. The summed E-state index contributed by atoms with van der Waals surface area (Å²) in [6.07, 6.45) is 6.53. The molecule has 34 heavy (non-hydrogen) atoms. The van der Waals surface area contributed by atoms with E-state index in [0.29, 0.717) is 48.3 Å². The second-order valence-electron chi connectivity index (χ2n) is 13.9. The molecule has 0 radical (unpaired) electrons. The highest BCUT2D eigenvalue weighted by molar-refractivity contribution is 5.70. The van der Waals surface area contributed by atoms with E-state index >= 15 is 0 Å². The van der Waals surface area contributed by atoms with Gasteiger partial charge >= 0.3 is 5.97 Å². The van der Waals surface area contributed by atoms with Crippen molar-refractivity contribution in [3.63, 3.8) is 0 Å². The van der Waals surface area contributed by atoms with Crippen LogP contribution in [-0.2, 0) is 9.53 Å². The van der Waals surface area contributed by atoms with E-state index in [0.717, 1.165) is 44.9 Å². The van der Waals surface area contributed by atoms with Crippen molar-refractivity contribution in [2.45, 2.75) is 117 Å². The number of ether oxygens (including phenoxy) is 1. The molecule has 0 aromatic carbocycles. The van der Waals surface area contributed by atoms with Gasteiger partial charge in [0, 0.05) is 6.42 Å². The lowest BCUT2D eigenvalue weighted by molar-refractivity contribution is -0.224. The summed E-state index contributed by atoms with van der Waals surface area (Å²) in [5.41, 5.74) is 0.104. The van der Waals surface area contributed by atoms with Gasteiger partial charge in [-0.3, -0.25) is 4.79 Å². The molecule has 1 heterocycles. The van der Waals surface area contributed by atoms with Crippen LogP contribution in [-0.4, -0.2) is 45.7 Å². The van der Waals surface area contributed by atoms with Gasteiger partial charge < -0.3 is 20.1 Å². The van der Waals surface area contributed by atoms with E-state index in [2.05, 4.69) is 34.6 Å². The van der Waals surface area contributed by atoms with Gasteiger partial charge in [0.2, 0.25) is 0 Å². The Morgan fingerprint density at radius 3 is 2.24 bits per heavy atom. The minimum Gasteiger partial charge on any atom is -0.462 e. The standard InChI is InChI=1S/C29H48O5/c1-15(2)17-12-23(34-24(31)13-17)16(3)19-6-7-20-25-21(9-11-28(19,20)4)29(5)10-8-18(30)14-22(29)26(32)27(25)33/h15-23,25-27,30,32-33H,6-14H2,1-5H3. The van der Waals surface area contributed by atoms with Crippen LogP contribution >= 0.6 is 0 Å². The summed E-state index contributed by atoms with van der Waals surface area (Å²) in [7, 11) is 0. The second-order valence-corrected chi connectivity index (χ2v) is 13.9. The highest BCUT2D eigenvalue weighted by atomic mass is 16.5. The molecule has 3 N–H and O–H groups in total. The van der Waals surface area contributed by atoms with Gasteiger partial charge in [-0.2, -0.15) is 0 Å². The molecule has 194 valence electrons. The van der Waals surface area contributed by atoms with Gasteiger partial charge in [-0.05, 0) is 110 Å². The Balaban J connectivity index is 1.39. The van der Waals surface area contributed by atoms with Gasteiger partial charge in [0.05, 0.1) is 18.3 Å². The Morgan fingerprint density at radius 1 is 0.853 bits per heavy atom. The van der Waals surface area contributed by atoms with Crippen molar-refractivity contribution >= 4 is 5.97 Å². The first kappa shape index (κ1) is 25.0. The van der Waals surface area contributed by atoms with Crippen molar-refractivity contribution < 1.29 is 24.9 Å². The van der Waals surface area contributed by atoms with Crippen molar-refractivity contribution in [3.8, 4) is 0 Å². The molecule has 4 saturated carbocycles. The van der Waals surface area contributed by atoms with E-state index in [1.165, 1.54) is 0 Å². The number of hydrogen-bond donors (Lipinski definition) is 3. The van der Waals surface area contributed by atoms with Crippen LogP contribution in [0.2, 0.25) is 0 Å². The highest BCUT2D eigenvalue weighted by Gasteiger charge is 2.65. The Hall–Kier alpha value is -0.650. The normalized spacial score (nSPS) is 54.1. The molecular formula is C29H48O5. The topological polar surface area (TPSA) is 87.0 Å². The molecule has 5 heteroatoms. The Kier molecular flexibility index (Phi) is 6.42. The van der Waals surface area contributed by atoms with Crippen LogP contribution in [0.3, 0.4) is 0 Å². The van der Waals surface area contributed by atoms with E-state index in [4.69, 9.17) is 4.74 Å². The zero-order chi connectivity index (χ0) is 24.6. The summed E-state index contributed by atoms with van der Waals surface area (Å²) in [6.45, 7) is 11.5. The first-order chi connectivity index (χ1) is 16.0. The summed E-state index contributed by atoms with van der Waals surface area (Å²) in [5.74, 6) is 2.58. The monoisotopic (exact) mass is 476 g/mol. The molecule has 1 saturated heterocycles. The molecule has 0 aromatic rings. The molecule has 0 bridgehead atoms. The number of fused-ring (bicyclic) bond motifs is 5. The van der Waals surface area contributed by atoms with E-state index in [1.807, 2.05) is 0 Å². The van der Waals surface area contributed by atoms with Crippen molar-refractivity contribution in [2.24, 2.45) is 58.2 Å². The third-order valence-corrected chi connectivity index (χ3v) is 12.2. The van der Waals surface area contributed by atoms with E-state index in [1.54, 1.807) is 0 Å². The lowest BCUT2D eigenvalue weighted by Gasteiger charge is -2.63. The summed E-state index contributed by atoms with van der Waals surface area (Å²) >= 11 is 0. The largest absolute Gasteiger partial charge is 0.462 e. The predicted octanol–water partition coefficient (Wildman–Crippen LogP) is 4.56. The molecule has 13 atom stereocenters. The SMILES string of the molecule is CC(C)C1CC(=O)OC(C(C)C2CCC3C4C(O)C(O)C5CC(O)CCC5(C)C4CCC23C)C1. The molecule has 4 aliphatic carbocycles. The van der Waals surface area contributed by atoms with Crippen LogP contribution in [0.15, 0.2) is 0 Å². The molecule has 0 aromatic heterocycles. The van der Waals surface area contributed by atoms with Gasteiger partial charge in [-0.1, -0.05) is 34.6 Å². The molecular weight excluding hydrogens is 428 g/mol. The van der Waals surface area contributed by atoms with Gasteiger partial charge in [-0.15, -0.1) is 0 Å². The maximum Gasteiger partial charge on any atom is 0.306 e. The third kappa shape index (κ3) is 3.70. The summed E-state index contributed by atoms with van der Waals surface area (Å²) in [6, 6.07) is 0. The minimum absolute atomic E-state index is 0.00301. The maximum atomic E-state index is 12.4. The summed E-state index contributed by atoms with van der Waals surface area (Å²) in [5, 5.41) is 33.1. The zero-order valence-electron chi connectivity index (χ0n) is 22.0. The van der Waals surface area contributed by atoms with E-state index in [9.17, 15) is 20.1 Å². The van der Waals surface area contributed by atoms with Gasteiger partial charge in [0.25, 0.3) is 0 Å². The summed E-state index contributed by atoms with van der Waals surface area (Å²) < 4.78 is 5.96. The maximum absolute atomic E-state index is 12.4. The smallest absolute Gasteiger partial charge is 0.306 e. The Labute approximate surface area is 206 Å². The Morgan fingerprint density at radius 2 is 1.53 bits per heavy atom. The number of hydrogen-bond acceptors (Lipinski definition) is 5. The summed E-state index contributed by atoms with van der Waals surface area (Å²) in [4.78, 5) is 12.4. The number of aliphatic hydroxyl groups is 3. The first-order valence-electron chi connectivity index (χ1n) is 14.2. The molecule has 5 fully saturated rings. The van der Waals surface area contributed by atoms with Crippen molar-refractivity contribution in [3.05, 3.63) is 0 Å². The lowest BCUT2D eigenvalue weighted by atomic mass is 9.43. The molecule has 5 aliphatic rings. The van der Waals surface area contributed by atoms with E-state index < -0.39 is 12.2 Å². The number of aliphatic hydroxyl groups excluding tert-OH is 3. The molecule has 0 amide bonds. The van der Waals surface area contributed by atoms with Crippen LogP contribution in [0.5, 0.6) is 0 Å². The van der Waals surface area contributed by atoms with Crippen LogP contribution in [0.1, 0.15) is 92.4 Å². The molecule has 5 nitrogen and oxygen atoms in total. The second kappa shape index (κ2) is 8.73. The Bertz CT molecular complexity index is 782. The molecule has 5 rings (SSSR count). The average Bonchev–Trinajstić information content (AvgIpc) is 3.14. The fourth-order valence-electron chi connectivity index (χ4n) is 10.1. The van der Waals surface area contributed by atoms with Gasteiger partial charge in [-0.25, -0.2) is 0 Å². The van der Waals surface area contributed by atoms with Crippen LogP contribution < -0.4 is 0 Å². The molecule has 1 aliphatic heterocycles. The number of cyclic esters (lactones) is 1. The average molecular weight is 477 g/mol. The van der Waals surface area contributed by atoms with Gasteiger partial charge in [0.15, 0.2) is 0 Å². The number of carbonyl (C=O) groups excluding carboxylic acids is 1.